The Bertz CT molecular complexity index is 1160. The van der Waals surface area contributed by atoms with Gasteiger partial charge in [-0.2, -0.15) is 0 Å². The summed E-state index contributed by atoms with van der Waals surface area (Å²) >= 11 is 0. The van der Waals surface area contributed by atoms with E-state index in [1.54, 1.807) is 20.8 Å². The molecule has 2 aromatic carbocycles. The number of carbonyl (C=O) groups is 4. The largest absolute Gasteiger partial charge is 0.458 e. The predicted octanol–water partition coefficient (Wildman–Crippen LogP) is 4.39. The molecule has 1 aliphatic rings. The summed E-state index contributed by atoms with van der Waals surface area (Å²) < 4.78 is 11.0. The van der Waals surface area contributed by atoms with Gasteiger partial charge >= 0.3 is 12.1 Å². The van der Waals surface area contributed by atoms with Crippen molar-refractivity contribution < 1.29 is 28.7 Å². The minimum absolute atomic E-state index is 0.103. The van der Waals surface area contributed by atoms with Gasteiger partial charge in [-0.15, -0.1) is 0 Å². The van der Waals surface area contributed by atoms with Crippen LogP contribution in [0.1, 0.15) is 65.0 Å². The van der Waals surface area contributed by atoms with Gasteiger partial charge in [-0.3, -0.25) is 14.5 Å². The first kappa shape index (κ1) is 31.6. The summed E-state index contributed by atoms with van der Waals surface area (Å²) in [5, 5.41) is 5.69. The van der Waals surface area contributed by atoms with Gasteiger partial charge in [0.1, 0.15) is 30.3 Å². The fourth-order valence-corrected chi connectivity index (χ4v) is 4.72. The zero-order chi connectivity index (χ0) is 30.0. The molecule has 222 valence electrons. The number of rotatable bonds is 11. The van der Waals surface area contributed by atoms with E-state index in [0.717, 1.165) is 11.1 Å². The molecule has 0 unspecified atom stereocenters. The molecule has 9 heteroatoms. The Morgan fingerprint density at radius 1 is 0.902 bits per heavy atom. The lowest BCUT2D eigenvalue weighted by Gasteiger charge is -2.28. The third kappa shape index (κ3) is 10.2. The SMILES string of the molecule is CC(C)C[C@H](NC(=O)[C@H](Cc1ccccc1)NC(=O)[C@H]1CCCN1C(=O)OCc1ccccc1)C(=O)OC(C)(C)C. The highest BCUT2D eigenvalue weighted by atomic mass is 16.6. The van der Waals surface area contributed by atoms with Gasteiger partial charge in [0.15, 0.2) is 0 Å². The van der Waals surface area contributed by atoms with Gasteiger partial charge in [-0.1, -0.05) is 74.5 Å². The number of benzene rings is 2. The van der Waals surface area contributed by atoms with Crippen LogP contribution < -0.4 is 10.6 Å². The molecule has 3 rings (SSSR count). The van der Waals surface area contributed by atoms with Gasteiger partial charge in [0, 0.05) is 13.0 Å². The Kier molecular flexibility index (Phi) is 11.3. The van der Waals surface area contributed by atoms with Gasteiger partial charge in [-0.05, 0) is 57.1 Å². The Balaban J connectivity index is 1.73. The number of likely N-dealkylation sites (tertiary alicyclic amines) is 1. The topological polar surface area (TPSA) is 114 Å². The van der Waals surface area contributed by atoms with E-state index in [1.165, 1.54) is 4.90 Å². The number of nitrogens with one attached hydrogen (secondary N) is 2. The van der Waals surface area contributed by atoms with E-state index in [1.807, 2.05) is 74.5 Å². The molecule has 2 N–H and O–H groups in total. The zero-order valence-electron chi connectivity index (χ0n) is 24.7. The van der Waals surface area contributed by atoms with Crippen LogP contribution in [-0.2, 0) is 36.9 Å². The maximum Gasteiger partial charge on any atom is 0.410 e. The molecular weight excluding hydrogens is 522 g/mol. The highest BCUT2D eigenvalue weighted by Crippen LogP contribution is 2.20. The number of amides is 3. The van der Waals surface area contributed by atoms with Crippen molar-refractivity contribution in [3.63, 3.8) is 0 Å². The lowest BCUT2D eigenvalue weighted by atomic mass is 10.0. The molecule has 3 atom stereocenters. The van der Waals surface area contributed by atoms with Crippen molar-refractivity contribution in [3.8, 4) is 0 Å². The van der Waals surface area contributed by atoms with Crippen LogP contribution in [0.15, 0.2) is 60.7 Å². The average Bonchev–Trinajstić information content (AvgIpc) is 3.41. The third-order valence-corrected chi connectivity index (χ3v) is 6.63. The number of carbonyl (C=O) groups excluding carboxylic acids is 4. The first-order valence-corrected chi connectivity index (χ1v) is 14.3. The predicted molar refractivity (Wildman–Crippen MR) is 156 cm³/mol. The van der Waals surface area contributed by atoms with E-state index >= 15 is 0 Å². The summed E-state index contributed by atoms with van der Waals surface area (Å²) in [7, 11) is 0. The molecule has 0 bridgehead atoms. The van der Waals surface area contributed by atoms with Crippen LogP contribution in [-0.4, -0.2) is 59.0 Å². The monoisotopic (exact) mass is 565 g/mol. The molecule has 0 saturated carbocycles. The smallest absolute Gasteiger partial charge is 0.410 e. The molecule has 0 radical (unpaired) electrons. The molecule has 1 aliphatic heterocycles. The second-order valence-electron chi connectivity index (χ2n) is 11.9. The first-order chi connectivity index (χ1) is 19.4. The molecule has 3 amide bonds. The minimum atomic E-state index is -0.968. The molecule has 0 aliphatic carbocycles. The van der Waals surface area contributed by atoms with E-state index in [9.17, 15) is 19.2 Å². The van der Waals surface area contributed by atoms with E-state index < -0.39 is 47.6 Å². The standard InChI is InChI=1S/C32H43N3O6/c1-22(2)19-26(30(38)41-32(3,4)5)34-28(36)25(20-23-13-8-6-9-14-23)33-29(37)27-17-12-18-35(27)31(39)40-21-24-15-10-7-11-16-24/h6-11,13-16,22,25-27H,12,17-21H2,1-5H3,(H,33,37)(H,34,36)/t25-,26-,27+/m0/s1. The van der Waals surface area contributed by atoms with Crippen LogP contribution in [0, 0.1) is 5.92 Å². The Labute approximate surface area is 243 Å². The second-order valence-corrected chi connectivity index (χ2v) is 11.9. The van der Waals surface area contributed by atoms with E-state index in [4.69, 9.17) is 9.47 Å². The maximum absolute atomic E-state index is 13.6. The average molecular weight is 566 g/mol. The number of hydrogen-bond donors (Lipinski definition) is 2. The molecule has 9 nitrogen and oxygen atoms in total. The Morgan fingerprint density at radius 3 is 2.10 bits per heavy atom. The Hall–Kier alpha value is -3.88. The van der Waals surface area contributed by atoms with E-state index in [2.05, 4.69) is 10.6 Å². The molecule has 0 spiro atoms. The normalized spacial score (nSPS) is 16.5. The van der Waals surface area contributed by atoms with Crippen LogP contribution in [0.3, 0.4) is 0 Å². The molecular formula is C32H43N3O6. The quantitative estimate of drug-likeness (QED) is 0.391. The molecule has 2 aromatic rings. The number of esters is 1. The van der Waals surface area contributed by atoms with Crippen molar-refractivity contribution in [1.82, 2.24) is 15.5 Å². The molecule has 1 heterocycles. The highest BCUT2D eigenvalue weighted by molar-refractivity contribution is 5.93. The minimum Gasteiger partial charge on any atom is -0.458 e. The summed E-state index contributed by atoms with van der Waals surface area (Å²) in [5.41, 5.74) is 0.980. The summed E-state index contributed by atoms with van der Waals surface area (Å²) in [4.78, 5) is 54.3. The highest BCUT2D eigenvalue weighted by Gasteiger charge is 2.37. The van der Waals surface area contributed by atoms with Crippen molar-refractivity contribution in [3.05, 3.63) is 71.8 Å². The maximum atomic E-state index is 13.6. The van der Waals surface area contributed by atoms with Crippen molar-refractivity contribution >= 4 is 23.9 Å². The lowest BCUT2D eigenvalue weighted by molar-refractivity contribution is -0.159. The van der Waals surface area contributed by atoms with Crippen LogP contribution >= 0.6 is 0 Å². The summed E-state index contributed by atoms with van der Waals surface area (Å²) in [6, 6.07) is 16.1. The fraction of sp³-hybridized carbons (Fsp3) is 0.500. The van der Waals surface area contributed by atoms with E-state index in [-0.39, 0.29) is 18.9 Å². The van der Waals surface area contributed by atoms with Gasteiger partial charge < -0.3 is 20.1 Å². The van der Waals surface area contributed by atoms with Crippen molar-refractivity contribution in [2.75, 3.05) is 6.54 Å². The molecule has 1 saturated heterocycles. The molecule has 0 aromatic heterocycles. The van der Waals surface area contributed by atoms with Crippen LogP contribution in [0.2, 0.25) is 0 Å². The number of ether oxygens (including phenoxy) is 2. The van der Waals surface area contributed by atoms with Crippen molar-refractivity contribution in [2.45, 2.75) is 90.6 Å². The summed E-state index contributed by atoms with van der Waals surface area (Å²) in [6.07, 6.45) is 1.13. The lowest BCUT2D eigenvalue weighted by Crippen LogP contribution is -2.56. The zero-order valence-corrected chi connectivity index (χ0v) is 24.7. The third-order valence-electron chi connectivity index (χ3n) is 6.63. The summed E-state index contributed by atoms with van der Waals surface area (Å²) in [6.45, 7) is 9.72. The molecule has 1 fully saturated rings. The van der Waals surface area contributed by atoms with Gasteiger partial charge in [0.2, 0.25) is 11.8 Å². The van der Waals surface area contributed by atoms with Crippen molar-refractivity contribution in [2.24, 2.45) is 5.92 Å². The van der Waals surface area contributed by atoms with Crippen LogP contribution in [0.25, 0.3) is 0 Å². The van der Waals surface area contributed by atoms with Gasteiger partial charge in [0.25, 0.3) is 0 Å². The number of hydrogen-bond acceptors (Lipinski definition) is 6. The molecule has 41 heavy (non-hydrogen) atoms. The first-order valence-electron chi connectivity index (χ1n) is 14.3. The van der Waals surface area contributed by atoms with Gasteiger partial charge in [-0.25, -0.2) is 9.59 Å². The Morgan fingerprint density at radius 2 is 1.51 bits per heavy atom. The fourth-order valence-electron chi connectivity index (χ4n) is 4.72. The van der Waals surface area contributed by atoms with Gasteiger partial charge in [0.05, 0.1) is 0 Å². The second kappa shape index (κ2) is 14.7. The van der Waals surface area contributed by atoms with E-state index in [0.29, 0.717) is 25.8 Å². The summed E-state index contributed by atoms with van der Waals surface area (Å²) in [5.74, 6) is -1.33. The van der Waals surface area contributed by atoms with Crippen LogP contribution in [0.4, 0.5) is 4.79 Å². The number of nitrogens with zero attached hydrogens (tertiary/aromatic N) is 1. The van der Waals surface area contributed by atoms with Crippen molar-refractivity contribution in [1.29, 1.82) is 0 Å². The van der Waals surface area contributed by atoms with Crippen LogP contribution in [0.5, 0.6) is 0 Å².